The van der Waals surface area contributed by atoms with Crippen LogP contribution < -0.4 is 51.4 Å². The average molecular weight is 300 g/mol. The maximum Gasteiger partial charge on any atom is 1.00 e. The second-order valence-corrected chi connectivity index (χ2v) is 5.20. The fraction of sp³-hybridized carbons (Fsp3) is 1.00. The number of rotatable bonds is 7. The van der Waals surface area contributed by atoms with E-state index in [-0.39, 0.29) is 59.5 Å². The Labute approximate surface area is 160 Å². The molecule has 0 aromatic carbocycles. The number of methoxy groups -OCH3 is 1. The zero-order valence-corrected chi connectivity index (χ0v) is 15.7. The summed E-state index contributed by atoms with van der Waals surface area (Å²) in [4.78, 5) is 4.50. The van der Waals surface area contributed by atoms with Crippen LogP contribution in [0.4, 0.5) is 0 Å². The Balaban J connectivity index is 0. The summed E-state index contributed by atoms with van der Waals surface area (Å²) in [6.45, 7) is 9.07. The topological polar surface area (TPSA) is 65.4 Å². The minimum atomic E-state index is -1.69. The predicted octanol–water partition coefficient (Wildman–Crippen LogP) is -3.66. The van der Waals surface area contributed by atoms with Crippen LogP contribution in [0.1, 0.15) is 15.3 Å². The van der Waals surface area contributed by atoms with E-state index in [4.69, 9.17) is 19.4 Å². The predicted molar refractivity (Wildman–Crippen MR) is 70.9 cm³/mol. The first-order valence-corrected chi connectivity index (χ1v) is 6.46. The van der Waals surface area contributed by atoms with Crippen LogP contribution in [0.3, 0.4) is 0 Å². The summed E-state index contributed by atoms with van der Waals surface area (Å²) in [6, 6.07) is 0.339. The van der Waals surface area contributed by atoms with Crippen LogP contribution in [0.2, 0.25) is 0 Å². The summed E-state index contributed by atoms with van der Waals surface area (Å²) in [5.74, 6) is 0.631. The molecule has 19 heavy (non-hydrogen) atoms. The fourth-order valence-corrected chi connectivity index (χ4v) is 2.31. The molecule has 0 aromatic heterocycles. The van der Waals surface area contributed by atoms with Crippen LogP contribution in [-0.2, 0) is 9.39 Å². The molecule has 2 N–H and O–H groups in total. The zero-order chi connectivity index (χ0) is 13.5. The first-order valence-electron chi connectivity index (χ1n) is 6.46. The molecular formula is C11H26BKN2O4. The fourth-order valence-electron chi connectivity index (χ4n) is 2.31. The third-order valence-corrected chi connectivity index (χ3v) is 3.05. The molecule has 0 spiro atoms. The molecule has 0 saturated carbocycles. The average Bonchev–Trinajstić information content (AvgIpc) is 2.29. The largest absolute Gasteiger partial charge is 1.00 e. The summed E-state index contributed by atoms with van der Waals surface area (Å²) in [5.41, 5.74) is 0. The maximum absolute atomic E-state index is 8.69. The van der Waals surface area contributed by atoms with Gasteiger partial charge in [0.05, 0.1) is 13.3 Å². The SMILES string of the molecule is COCC1CN(COB(O)O)CCN1CC(C)C.[H-].[K+]. The number of ether oxygens (including phenoxy) is 1. The van der Waals surface area contributed by atoms with E-state index in [1.165, 1.54) is 0 Å². The third-order valence-electron chi connectivity index (χ3n) is 3.05. The Morgan fingerprint density at radius 3 is 2.58 bits per heavy atom. The Bertz CT molecular complexity index is 242. The van der Waals surface area contributed by atoms with Gasteiger partial charge in [0, 0.05) is 39.3 Å². The van der Waals surface area contributed by atoms with Crippen molar-refractivity contribution in [3.63, 3.8) is 0 Å². The van der Waals surface area contributed by atoms with Crippen molar-refractivity contribution in [1.29, 1.82) is 0 Å². The summed E-state index contributed by atoms with van der Waals surface area (Å²) in [7, 11) is 0.0140. The van der Waals surface area contributed by atoms with Gasteiger partial charge < -0.3 is 20.9 Å². The molecule has 8 heteroatoms. The van der Waals surface area contributed by atoms with E-state index in [2.05, 4.69) is 23.6 Å². The zero-order valence-electron chi connectivity index (χ0n) is 13.6. The van der Waals surface area contributed by atoms with Gasteiger partial charge in [0.2, 0.25) is 0 Å². The first kappa shape index (κ1) is 20.5. The molecule has 1 unspecified atom stereocenters. The second-order valence-electron chi connectivity index (χ2n) is 5.20. The number of piperazine rings is 1. The number of nitrogens with zero attached hydrogens (tertiary/aromatic N) is 2. The van der Waals surface area contributed by atoms with Crippen molar-refractivity contribution in [2.45, 2.75) is 19.9 Å². The van der Waals surface area contributed by atoms with Crippen LogP contribution in [0.25, 0.3) is 0 Å². The van der Waals surface area contributed by atoms with E-state index in [1.807, 2.05) is 0 Å². The number of hydrogen-bond acceptors (Lipinski definition) is 6. The summed E-state index contributed by atoms with van der Waals surface area (Å²) in [5, 5.41) is 17.4. The molecule has 1 aliphatic heterocycles. The van der Waals surface area contributed by atoms with Crippen molar-refractivity contribution in [3.8, 4) is 0 Å². The Hall–Kier alpha value is 1.46. The molecule has 0 radical (unpaired) electrons. The normalized spacial score (nSPS) is 21.5. The standard InChI is InChI=1S/C11H25BN2O4.K.H/c1-10(2)6-14-5-4-13(9-18-12(15)16)7-11(14)8-17-3;;/h10-11,15-16H,4-9H2,1-3H3;;/q;+1;-1. The molecule has 6 nitrogen and oxygen atoms in total. The second kappa shape index (κ2) is 11.1. The van der Waals surface area contributed by atoms with Crippen LogP contribution in [0, 0.1) is 5.92 Å². The molecule has 1 heterocycles. The molecule has 0 aromatic rings. The van der Waals surface area contributed by atoms with E-state index in [0.29, 0.717) is 18.6 Å². The summed E-state index contributed by atoms with van der Waals surface area (Å²) >= 11 is 0. The van der Waals surface area contributed by atoms with Gasteiger partial charge in [-0.15, -0.1) is 0 Å². The van der Waals surface area contributed by atoms with Gasteiger partial charge >= 0.3 is 58.7 Å². The molecule has 1 aliphatic rings. The van der Waals surface area contributed by atoms with Gasteiger partial charge in [-0.25, -0.2) is 0 Å². The Morgan fingerprint density at radius 1 is 1.37 bits per heavy atom. The van der Waals surface area contributed by atoms with Gasteiger partial charge in [-0.3, -0.25) is 9.80 Å². The molecule has 1 fully saturated rings. The third kappa shape index (κ3) is 8.47. The molecular weight excluding hydrogens is 274 g/mol. The van der Waals surface area contributed by atoms with Gasteiger partial charge in [-0.2, -0.15) is 0 Å². The van der Waals surface area contributed by atoms with Crippen LogP contribution >= 0.6 is 0 Å². The minimum Gasteiger partial charge on any atom is -1.00 e. The monoisotopic (exact) mass is 300 g/mol. The van der Waals surface area contributed by atoms with Gasteiger partial charge in [-0.1, -0.05) is 13.8 Å². The van der Waals surface area contributed by atoms with Gasteiger partial charge in [0.15, 0.2) is 0 Å². The molecule has 0 amide bonds. The molecule has 1 saturated heterocycles. The smallest absolute Gasteiger partial charge is 1.00 e. The minimum absolute atomic E-state index is 0. The van der Waals surface area contributed by atoms with Crippen LogP contribution in [0.15, 0.2) is 0 Å². The molecule has 108 valence electrons. The van der Waals surface area contributed by atoms with Crippen molar-refractivity contribution in [2.75, 3.05) is 46.6 Å². The van der Waals surface area contributed by atoms with Crippen molar-refractivity contribution in [1.82, 2.24) is 9.80 Å². The summed E-state index contributed by atoms with van der Waals surface area (Å²) in [6.07, 6.45) is 0. The van der Waals surface area contributed by atoms with Crippen molar-refractivity contribution >= 4 is 7.32 Å². The van der Waals surface area contributed by atoms with Crippen molar-refractivity contribution in [3.05, 3.63) is 0 Å². The molecule has 1 atom stereocenters. The van der Waals surface area contributed by atoms with Gasteiger partial charge in [0.1, 0.15) is 0 Å². The summed E-state index contributed by atoms with van der Waals surface area (Å²) < 4.78 is 10.1. The van der Waals surface area contributed by atoms with E-state index >= 15 is 0 Å². The molecule has 0 bridgehead atoms. The van der Waals surface area contributed by atoms with Crippen LogP contribution in [0.5, 0.6) is 0 Å². The van der Waals surface area contributed by atoms with E-state index < -0.39 is 7.32 Å². The first-order chi connectivity index (χ1) is 8.52. The quantitative estimate of drug-likeness (QED) is 0.473. The van der Waals surface area contributed by atoms with E-state index in [1.54, 1.807) is 7.11 Å². The van der Waals surface area contributed by atoms with Crippen LogP contribution in [-0.4, -0.2) is 79.8 Å². The van der Waals surface area contributed by atoms with Crippen molar-refractivity contribution < 1.29 is 72.3 Å². The Morgan fingerprint density at radius 2 is 2.05 bits per heavy atom. The maximum atomic E-state index is 8.69. The van der Waals surface area contributed by atoms with Crippen molar-refractivity contribution in [2.24, 2.45) is 5.92 Å². The van der Waals surface area contributed by atoms with Gasteiger partial charge in [-0.05, 0) is 5.92 Å². The van der Waals surface area contributed by atoms with Gasteiger partial charge in [0.25, 0.3) is 0 Å². The molecule has 0 aliphatic carbocycles. The van der Waals surface area contributed by atoms with E-state index in [0.717, 1.165) is 26.2 Å². The Kier molecular flexibility index (Phi) is 11.9. The van der Waals surface area contributed by atoms with E-state index in [9.17, 15) is 0 Å². The molecule has 1 rings (SSSR count). The number of hydrogen-bond donors (Lipinski definition) is 2.